The summed E-state index contributed by atoms with van der Waals surface area (Å²) in [4.78, 5) is 10.6. The molecule has 1 aliphatic heterocycles. The zero-order chi connectivity index (χ0) is 20.3. The minimum Gasteiger partial charge on any atom is -0.272 e. The molecule has 1 N–H and O–H groups in total. The van der Waals surface area contributed by atoms with Crippen molar-refractivity contribution in [1.29, 1.82) is 0 Å². The van der Waals surface area contributed by atoms with E-state index in [9.17, 15) is 18.5 Å². The van der Waals surface area contributed by atoms with Gasteiger partial charge in [-0.1, -0.05) is 35.3 Å². The average Bonchev–Trinajstić information content (AvgIpc) is 3.21. The maximum Gasteiger partial charge on any atom is 0.295 e. The van der Waals surface area contributed by atoms with Crippen LogP contribution in [0, 0.1) is 10.1 Å². The monoisotopic (exact) mass is 442 g/mol. The summed E-state index contributed by atoms with van der Waals surface area (Å²) in [6.07, 6.45) is 2.93. The number of nitro benzene ring substituents is 1. The van der Waals surface area contributed by atoms with E-state index in [1.165, 1.54) is 22.7 Å². The first-order valence-electron chi connectivity index (χ1n) is 8.32. The van der Waals surface area contributed by atoms with Gasteiger partial charge >= 0.3 is 0 Å². The highest BCUT2D eigenvalue weighted by Crippen LogP contribution is 2.30. The Morgan fingerprint density at radius 2 is 1.89 bits per heavy atom. The quantitative estimate of drug-likeness (QED) is 0.411. The maximum atomic E-state index is 12.6. The van der Waals surface area contributed by atoms with Crippen molar-refractivity contribution in [3.05, 3.63) is 62.1 Å². The van der Waals surface area contributed by atoms with E-state index in [0.717, 1.165) is 18.9 Å². The molecule has 148 valence electrons. The number of hydrogen-bond donors (Lipinski definition) is 1. The highest BCUT2D eigenvalue weighted by Gasteiger charge is 2.29. The molecule has 0 bridgehead atoms. The second-order valence-electron chi connectivity index (χ2n) is 6.06. The summed E-state index contributed by atoms with van der Waals surface area (Å²) < 4.78 is 26.6. The van der Waals surface area contributed by atoms with Crippen molar-refractivity contribution < 1.29 is 13.3 Å². The fraction of sp³-hybridized carbons (Fsp3) is 0.235. The molecule has 3 rings (SSSR count). The standard InChI is InChI=1S/C17H16Cl2N4O4S/c18-14-5-3-4-12(17(14)19)11-20-21-15-7-6-13(10-16(15)23(24)25)28(26,27)22-8-1-2-9-22/h3-7,10-11,21H,1-2,8-9H2/b20-11+. The van der Waals surface area contributed by atoms with Crippen LogP contribution in [-0.2, 0) is 10.0 Å². The Bertz CT molecular complexity index is 1040. The summed E-state index contributed by atoms with van der Waals surface area (Å²) in [5, 5.41) is 16.0. The summed E-state index contributed by atoms with van der Waals surface area (Å²) in [5.41, 5.74) is 2.74. The number of nitrogens with one attached hydrogen (secondary N) is 1. The van der Waals surface area contributed by atoms with Gasteiger partial charge in [0.25, 0.3) is 5.69 Å². The predicted octanol–water partition coefficient (Wildman–Crippen LogP) is 4.13. The van der Waals surface area contributed by atoms with Crippen molar-refractivity contribution in [2.45, 2.75) is 17.7 Å². The van der Waals surface area contributed by atoms with Gasteiger partial charge in [-0.15, -0.1) is 0 Å². The SMILES string of the molecule is O=[N+]([O-])c1cc(S(=O)(=O)N2CCCC2)ccc1N/N=C/c1cccc(Cl)c1Cl. The van der Waals surface area contributed by atoms with Crippen molar-refractivity contribution in [1.82, 2.24) is 4.31 Å². The molecule has 1 saturated heterocycles. The Hall–Kier alpha value is -2.20. The fourth-order valence-corrected chi connectivity index (χ4v) is 4.68. The lowest BCUT2D eigenvalue weighted by molar-refractivity contribution is -0.384. The van der Waals surface area contributed by atoms with Crippen LogP contribution in [0.25, 0.3) is 0 Å². The van der Waals surface area contributed by atoms with Crippen LogP contribution in [0.3, 0.4) is 0 Å². The average molecular weight is 443 g/mol. The summed E-state index contributed by atoms with van der Waals surface area (Å²) >= 11 is 12.0. The third-order valence-electron chi connectivity index (χ3n) is 4.24. The molecule has 0 atom stereocenters. The van der Waals surface area contributed by atoms with E-state index in [4.69, 9.17) is 23.2 Å². The minimum absolute atomic E-state index is 0.0553. The van der Waals surface area contributed by atoms with Crippen molar-refractivity contribution in [2.24, 2.45) is 5.10 Å². The molecule has 0 aromatic heterocycles. The van der Waals surface area contributed by atoms with Crippen molar-refractivity contribution in [2.75, 3.05) is 18.5 Å². The molecule has 0 saturated carbocycles. The number of benzene rings is 2. The van der Waals surface area contributed by atoms with Gasteiger partial charge in [0.15, 0.2) is 0 Å². The third kappa shape index (κ3) is 4.27. The molecule has 2 aromatic rings. The van der Waals surface area contributed by atoms with Crippen LogP contribution in [0.2, 0.25) is 10.0 Å². The van der Waals surface area contributed by atoms with E-state index < -0.39 is 20.6 Å². The van der Waals surface area contributed by atoms with Gasteiger partial charge in [-0.2, -0.15) is 9.41 Å². The van der Waals surface area contributed by atoms with Crippen LogP contribution in [0.1, 0.15) is 18.4 Å². The molecule has 1 heterocycles. The van der Waals surface area contributed by atoms with E-state index in [1.807, 2.05) is 0 Å². The van der Waals surface area contributed by atoms with Gasteiger partial charge in [-0.25, -0.2) is 8.42 Å². The number of sulfonamides is 1. The van der Waals surface area contributed by atoms with Crippen LogP contribution in [0.5, 0.6) is 0 Å². The number of nitro groups is 1. The first-order valence-corrected chi connectivity index (χ1v) is 10.5. The highest BCUT2D eigenvalue weighted by atomic mass is 35.5. The highest BCUT2D eigenvalue weighted by molar-refractivity contribution is 7.89. The number of hydrazone groups is 1. The molecule has 0 spiro atoms. The Balaban J connectivity index is 1.86. The van der Waals surface area contributed by atoms with Gasteiger partial charge in [0.2, 0.25) is 10.0 Å². The largest absolute Gasteiger partial charge is 0.295 e. The summed E-state index contributed by atoms with van der Waals surface area (Å²) in [7, 11) is -3.75. The second kappa shape index (κ2) is 8.44. The lowest BCUT2D eigenvalue weighted by Gasteiger charge is -2.15. The summed E-state index contributed by atoms with van der Waals surface area (Å²) in [5.74, 6) is 0. The predicted molar refractivity (Wildman–Crippen MR) is 109 cm³/mol. The minimum atomic E-state index is -3.75. The van der Waals surface area contributed by atoms with Crippen molar-refractivity contribution in [3.8, 4) is 0 Å². The topological polar surface area (TPSA) is 105 Å². The molecule has 28 heavy (non-hydrogen) atoms. The van der Waals surface area contributed by atoms with Gasteiger partial charge in [0.1, 0.15) is 5.69 Å². The fourth-order valence-electron chi connectivity index (χ4n) is 2.79. The number of rotatable bonds is 6. The van der Waals surface area contributed by atoms with Crippen molar-refractivity contribution >= 4 is 50.8 Å². The molecule has 0 aliphatic carbocycles. The van der Waals surface area contributed by atoms with Gasteiger partial charge in [0.05, 0.1) is 26.1 Å². The van der Waals surface area contributed by atoms with Gasteiger partial charge in [-0.05, 0) is 31.0 Å². The molecule has 0 radical (unpaired) electrons. The Morgan fingerprint density at radius 1 is 1.18 bits per heavy atom. The lowest BCUT2D eigenvalue weighted by atomic mass is 10.2. The van der Waals surface area contributed by atoms with E-state index in [1.54, 1.807) is 18.2 Å². The summed E-state index contributed by atoms with van der Waals surface area (Å²) in [6.45, 7) is 0.835. The molecule has 0 amide bonds. The zero-order valence-electron chi connectivity index (χ0n) is 14.5. The van der Waals surface area contributed by atoms with Gasteiger partial charge < -0.3 is 0 Å². The number of anilines is 1. The maximum absolute atomic E-state index is 12.6. The number of nitrogens with zero attached hydrogens (tertiary/aromatic N) is 3. The van der Waals surface area contributed by atoms with Crippen LogP contribution < -0.4 is 5.43 Å². The molecular weight excluding hydrogens is 427 g/mol. The molecule has 1 aliphatic rings. The molecule has 11 heteroatoms. The molecule has 1 fully saturated rings. The van der Waals surface area contributed by atoms with Gasteiger partial charge in [0, 0.05) is 24.7 Å². The Morgan fingerprint density at radius 3 is 2.57 bits per heavy atom. The van der Waals surface area contributed by atoms with Crippen LogP contribution in [0.15, 0.2) is 46.4 Å². The Kier molecular flexibility index (Phi) is 6.19. The lowest BCUT2D eigenvalue weighted by Crippen LogP contribution is -2.27. The molecule has 0 unspecified atom stereocenters. The van der Waals surface area contributed by atoms with Gasteiger partial charge in [-0.3, -0.25) is 15.5 Å². The van der Waals surface area contributed by atoms with Crippen LogP contribution in [0.4, 0.5) is 11.4 Å². The van der Waals surface area contributed by atoms with Crippen LogP contribution in [-0.4, -0.2) is 37.0 Å². The summed E-state index contributed by atoms with van der Waals surface area (Å²) in [6, 6.07) is 8.68. The smallest absolute Gasteiger partial charge is 0.272 e. The number of hydrogen-bond acceptors (Lipinski definition) is 6. The van der Waals surface area contributed by atoms with Crippen LogP contribution >= 0.6 is 23.2 Å². The third-order valence-corrected chi connectivity index (χ3v) is 6.97. The molecule has 2 aromatic carbocycles. The van der Waals surface area contributed by atoms with E-state index >= 15 is 0 Å². The van der Waals surface area contributed by atoms with E-state index in [0.29, 0.717) is 28.7 Å². The first kappa shape index (κ1) is 20.5. The molecule has 8 nitrogen and oxygen atoms in total. The second-order valence-corrected chi connectivity index (χ2v) is 8.78. The first-order chi connectivity index (χ1) is 13.3. The van der Waals surface area contributed by atoms with E-state index in [-0.39, 0.29) is 10.6 Å². The molecular formula is C17H16Cl2N4O4S. The van der Waals surface area contributed by atoms with Crippen molar-refractivity contribution in [3.63, 3.8) is 0 Å². The number of halogens is 2. The Labute approximate surface area is 172 Å². The normalized spacial score (nSPS) is 15.2. The van der Waals surface area contributed by atoms with E-state index in [2.05, 4.69) is 10.5 Å². The zero-order valence-corrected chi connectivity index (χ0v) is 16.8.